The molecule has 3 heteroatoms. The molecule has 17 heavy (non-hydrogen) atoms. The summed E-state index contributed by atoms with van der Waals surface area (Å²) in [5.41, 5.74) is 7.43. The summed E-state index contributed by atoms with van der Waals surface area (Å²) < 4.78 is 18.7. The molecule has 0 unspecified atom stereocenters. The van der Waals surface area contributed by atoms with Crippen molar-refractivity contribution in [2.45, 2.75) is 13.5 Å². The van der Waals surface area contributed by atoms with Gasteiger partial charge in [-0.25, -0.2) is 4.39 Å². The molecule has 0 heterocycles. The molecule has 88 valence electrons. The van der Waals surface area contributed by atoms with Crippen molar-refractivity contribution in [3.8, 4) is 11.5 Å². The maximum Gasteiger partial charge on any atom is 0.133 e. The minimum Gasteiger partial charge on any atom is -0.457 e. The number of aryl methyl sites for hydroxylation is 1. The number of nitrogens with two attached hydrogens (primary N) is 1. The Morgan fingerprint density at radius 2 is 2.00 bits per heavy atom. The standard InChI is InChI=1S/C14H14FNO/c1-10-5-6-12(15)8-14(10)17-13-4-2-3-11(7-13)9-16/h2-8H,9,16H2,1H3. The van der Waals surface area contributed by atoms with Crippen LogP contribution in [-0.4, -0.2) is 0 Å². The minimum atomic E-state index is -0.305. The predicted octanol–water partition coefficient (Wildman–Crippen LogP) is 3.39. The van der Waals surface area contributed by atoms with Crippen LogP contribution in [0.4, 0.5) is 4.39 Å². The Hall–Kier alpha value is -1.87. The fourth-order valence-electron chi connectivity index (χ4n) is 1.55. The maximum atomic E-state index is 13.1. The largest absolute Gasteiger partial charge is 0.457 e. The molecule has 0 aliphatic heterocycles. The van der Waals surface area contributed by atoms with Crippen LogP contribution in [0, 0.1) is 12.7 Å². The number of ether oxygens (including phenoxy) is 1. The molecule has 0 amide bonds. The van der Waals surface area contributed by atoms with E-state index in [0.717, 1.165) is 11.1 Å². The van der Waals surface area contributed by atoms with Crippen LogP contribution in [0.25, 0.3) is 0 Å². The highest BCUT2D eigenvalue weighted by Gasteiger charge is 2.03. The van der Waals surface area contributed by atoms with Gasteiger partial charge in [-0.05, 0) is 36.2 Å². The Kier molecular flexibility index (Phi) is 3.40. The third-order valence-electron chi connectivity index (χ3n) is 2.51. The molecule has 0 aliphatic carbocycles. The minimum absolute atomic E-state index is 0.305. The van der Waals surface area contributed by atoms with Crippen LogP contribution in [0.2, 0.25) is 0 Å². The third kappa shape index (κ3) is 2.82. The topological polar surface area (TPSA) is 35.2 Å². The molecule has 2 aromatic rings. The van der Waals surface area contributed by atoms with Crippen LogP contribution in [-0.2, 0) is 6.54 Å². The van der Waals surface area contributed by atoms with Crippen molar-refractivity contribution < 1.29 is 9.13 Å². The Labute approximate surface area is 99.8 Å². The van der Waals surface area contributed by atoms with Crippen LogP contribution >= 0.6 is 0 Å². The molecule has 2 aromatic carbocycles. The van der Waals surface area contributed by atoms with E-state index in [1.807, 2.05) is 31.2 Å². The molecule has 0 bridgehead atoms. The van der Waals surface area contributed by atoms with Crippen LogP contribution in [0.15, 0.2) is 42.5 Å². The fourth-order valence-corrected chi connectivity index (χ4v) is 1.55. The number of hydrogen-bond acceptors (Lipinski definition) is 2. The lowest BCUT2D eigenvalue weighted by molar-refractivity contribution is 0.472. The Bertz CT molecular complexity index is 525. The Morgan fingerprint density at radius 3 is 2.76 bits per heavy atom. The first kappa shape index (κ1) is 11.6. The molecule has 0 spiro atoms. The van der Waals surface area contributed by atoms with Crippen molar-refractivity contribution >= 4 is 0 Å². The molecule has 0 fully saturated rings. The Morgan fingerprint density at radius 1 is 1.18 bits per heavy atom. The van der Waals surface area contributed by atoms with E-state index in [-0.39, 0.29) is 5.82 Å². The van der Waals surface area contributed by atoms with Gasteiger partial charge in [-0.1, -0.05) is 18.2 Å². The first-order valence-electron chi connectivity index (χ1n) is 5.42. The first-order chi connectivity index (χ1) is 8.19. The molecule has 0 atom stereocenters. The lowest BCUT2D eigenvalue weighted by Crippen LogP contribution is -1.96. The summed E-state index contributed by atoms with van der Waals surface area (Å²) in [6.07, 6.45) is 0. The molecule has 0 radical (unpaired) electrons. The molecule has 0 saturated carbocycles. The zero-order chi connectivity index (χ0) is 12.3. The van der Waals surface area contributed by atoms with Gasteiger partial charge in [0.2, 0.25) is 0 Å². The molecule has 0 saturated heterocycles. The second kappa shape index (κ2) is 4.97. The van der Waals surface area contributed by atoms with Crippen LogP contribution in [0.1, 0.15) is 11.1 Å². The van der Waals surface area contributed by atoms with E-state index in [9.17, 15) is 4.39 Å². The van der Waals surface area contributed by atoms with Crippen LogP contribution in [0.3, 0.4) is 0 Å². The average molecular weight is 231 g/mol. The molecule has 2 rings (SSSR count). The van der Waals surface area contributed by atoms with Crippen molar-refractivity contribution in [1.29, 1.82) is 0 Å². The van der Waals surface area contributed by atoms with Gasteiger partial charge >= 0.3 is 0 Å². The number of halogens is 1. The Balaban J connectivity index is 2.27. The van der Waals surface area contributed by atoms with Crippen LogP contribution in [0.5, 0.6) is 11.5 Å². The predicted molar refractivity (Wildman–Crippen MR) is 65.5 cm³/mol. The van der Waals surface area contributed by atoms with Gasteiger partial charge in [-0.2, -0.15) is 0 Å². The van der Waals surface area contributed by atoms with Crippen molar-refractivity contribution in [3.63, 3.8) is 0 Å². The average Bonchev–Trinajstić information content (AvgIpc) is 2.34. The summed E-state index contributed by atoms with van der Waals surface area (Å²) in [4.78, 5) is 0. The van der Waals surface area contributed by atoms with Gasteiger partial charge in [0, 0.05) is 12.6 Å². The highest BCUT2D eigenvalue weighted by atomic mass is 19.1. The molecule has 0 aliphatic rings. The number of rotatable bonds is 3. The van der Waals surface area contributed by atoms with Gasteiger partial charge in [0.15, 0.2) is 0 Å². The third-order valence-corrected chi connectivity index (χ3v) is 2.51. The normalized spacial score (nSPS) is 10.3. The first-order valence-corrected chi connectivity index (χ1v) is 5.42. The van der Waals surface area contributed by atoms with E-state index in [0.29, 0.717) is 18.0 Å². The molecular weight excluding hydrogens is 217 g/mol. The van der Waals surface area contributed by atoms with Gasteiger partial charge in [0.05, 0.1) is 0 Å². The van der Waals surface area contributed by atoms with Crippen LogP contribution < -0.4 is 10.5 Å². The maximum absolute atomic E-state index is 13.1. The lowest BCUT2D eigenvalue weighted by atomic mass is 10.2. The van der Waals surface area contributed by atoms with Crippen molar-refractivity contribution in [1.82, 2.24) is 0 Å². The summed E-state index contributed by atoms with van der Waals surface area (Å²) in [7, 11) is 0. The number of benzene rings is 2. The van der Waals surface area contributed by atoms with Gasteiger partial charge in [0.25, 0.3) is 0 Å². The van der Waals surface area contributed by atoms with Gasteiger partial charge < -0.3 is 10.5 Å². The smallest absolute Gasteiger partial charge is 0.133 e. The monoisotopic (exact) mass is 231 g/mol. The van der Waals surface area contributed by atoms with E-state index < -0.39 is 0 Å². The lowest BCUT2D eigenvalue weighted by Gasteiger charge is -2.09. The summed E-state index contributed by atoms with van der Waals surface area (Å²) in [6, 6.07) is 12.0. The van der Waals surface area contributed by atoms with E-state index >= 15 is 0 Å². The number of hydrogen-bond donors (Lipinski definition) is 1. The second-order valence-electron chi connectivity index (χ2n) is 3.86. The van der Waals surface area contributed by atoms with Crippen molar-refractivity contribution in [2.24, 2.45) is 5.73 Å². The molecule has 2 N–H and O–H groups in total. The summed E-state index contributed by atoms with van der Waals surface area (Å²) in [6.45, 7) is 2.33. The molecule has 0 aromatic heterocycles. The van der Waals surface area contributed by atoms with E-state index in [1.54, 1.807) is 6.07 Å². The molecule has 2 nitrogen and oxygen atoms in total. The highest BCUT2D eigenvalue weighted by molar-refractivity contribution is 5.38. The van der Waals surface area contributed by atoms with Gasteiger partial charge in [0.1, 0.15) is 17.3 Å². The van der Waals surface area contributed by atoms with E-state index in [4.69, 9.17) is 10.5 Å². The zero-order valence-electron chi connectivity index (χ0n) is 9.61. The summed E-state index contributed by atoms with van der Waals surface area (Å²) in [5.74, 6) is 0.890. The SMILES string of the molecule is Cc1ccc(F)cc1Oc1cccc(CN)c1. The van der Waals surface area contributed by atoms with E-state index in [2.05, 4.69) is 0 Å². The highest BCUT2D eigenvalue weighted by Crippen LogP contribution is 2.26. The summed E-state index contributed by atoms with van der Waals surface area (Å²) in [5, 5.41) is 0. The fraction of sp³-hybridized carbons (Fsp3) is 0.143. The van der Waals surface area contributed by atoms with Crippen molar-refractivity contribution in [2.75, 3.05) is 0 Å². The van der Waals surface area contributed by atoms with Gasteiger partial charge in [-0.3, -0.25) is 0 Å². The zero-order valence-corrected chi connectivity index (χ0v) is 9.61. The van der Waals surface area contributed by atoms with Crippen molar-refractivity contribution in [3.05, 3.63) is 59.4 Å². The van der Waals surface area contributed by atoms with Gasteiger partial charge in [-0.15, -0.1) is 0 Å². The second-order valence-corrected chi connectivity index (χ2v) is 3.86. The summed E-state index contributed by atoms with van der Waals surface area (Å²) >= 11 is 0. The molecular formula is C14H14FNO. The van der Waals surface area contributed by atoms with E-state index in [1.165, 1.54) is 12.1 Å². The quantitative estimate of drug-likeness (QED) is 0.878.